The van der Waals surface area contributed by atoms with Crippen LogP contribution in [0.1, 0.15) is 35.6 Å². The number of benzene rings is 1. The van der Waals surface area contributed by atoms with Gasteiger partial charge in [-0.1, -0.05) is 25.5 Å². The highest BCUT2D eigenvalue weighted by atomic mass is 32.1. The van der Waals surface area contributed by atoms with E-state index in [1.54, 1.807) is 0 Å². The lowest BCUT2D eigenvalue weighted by Gasteiger charge is -2.07. The summed E-state index contributed by atoms with van der Waals surface area (Å²) in [4.78, 5) is 16.1. The second-order valence-corrected chi connectivity index (χ2v) is 5.28. The van der Waals surface area contributed by atoms with Crippen molar-refractivity contribution in [3.05, 3.63) is 34.8 Å². The number of carbonyl (C=O) groups is 1. The van der Waals surface area contributed by atoms with E-state index >= 15 is 0 Å². The molecule has 1 aromatic heterocycles. The van der Waals surface area contributed by atoms with Crippen LogP contribution in [0.2, 0.25) is 0 Å². The van der Waals surface area contributed by atoms with Crippen LogP contribution in [-0.4, -0.2) is 22.7 Å². The Hall–Kier alpha value is -1.88. The second-order valence-electron chi connectivity index (χ2n) is 4.28. The first-order valence-electron chi connectivity index (χ1n) is 6.62. The maximum atomic E-state index is 11.3. The molecule has 0 spiro atoms. The predicted octanol–water partition coefficient (Wildman–Crippen LogP) is 3.86. The van der Waals surface area contributed by atoms with Crippen molar-refractivity contribution in [3.8, 4) is 16.3 Å². The number of nitrogens with zero attached hydrogens (tertiary/aromatic N) is 1. The third-order valence-corrected chi connectivity index (χ3v) is 3.91. The normalized spacial score (nSPS) is 10.5. The van der Waals surface area contributed by atoms with Gasteiger partial charge in [0.25, 0.3) is 0 Å². The highest BCUT2D eigenvalue weighted by Crippen LogP contribution is 2.34. The van der Waals surface area contributed by atoms with Gasteiger partial charge in [-0.15, -0.1) is 11.3 Å². The van der Waals surface area contributed by atoms with Crippen molar-refractivity contribution in [2.24, 2.45) is 0 Å². The minimum Gasteiger partial charge on any atom is -0.493 e. The van der Waals surface area contributed by atoms with E-state index in [1.165, 1.54) is 11.3 Å². The molecule has 0 aliphatic heterocycles. The number of hydrogen-bond acceptors (Lipinski definition) is 4. The van der Waals surface area contributed by atoms with Crippen LogP contribution in [-0.2, 0) is 6.42 Å². The molecule has 106 valence electrons. The first-order chi connectivity index (χ1) is 9.67. The Morgan fingerprint density at radius 1 is 1.35 bits per heavy atom. The molecule has 0 atom stereocenters. The molecule has 0 fully saturated rings. The van der Waals surface area contributed by atoms with Crippen LogP contribution in [0.4, 0.5) is 0 Å². The molecule has 0 unspecified atom stereocenters. The van der Waals surface area contributed by atoms with E-state index < -0.39 is 5.97 Å². The first-order valence-corrected chi connectivity index (χ1v) is 7.44. The topological polar surface area (TPSA) is 59.4 Å². The Bertz CT molecular complexity index is 607. The Morgan fingerprint density at radius 2 is 2.10 bits per heavy atom. The number of rotatable bonds is 6. The first kappa shape index (κ1) is 14.5. The van der Waals surface area contributed by atoms with E-state index in [2.05, 4.69) is 4.98 Å². The van der Waals surface area contributed by atoms with E-state index in [-0.39, 0.29) is 0 Å². The highest BCUT2D eigenvalue weighted by Gasteiger charge is 2.19. The summed E-state index contributed by atoms with van der Waals surface area (Å²) in [5, 5.41) is 9.97. The summed E-state index contributed by atoms with van der Waals surface area (Å²) in [6.07, 6.45) is 1.55. The van der Waals surface area contributed by atoms with Gasteiger partial charge in [0, 0.05) is 0 Å². The standard InChI is InChI=1S/C15H17NO3S/c1-3-7-11-13(15(17)18)20-14(16-11)10-8-5-6-9-12(10)19-4-2/h5-6,8-9H,3-4,7H2,1-2H3,(H,17,18). The number of aryl methyl sites for hydroxylation is 1. The minimum absolute atomic E-state index is 0.327. The summed E-state index contributed by atoms with van der Waals surface area (Å²) in [5.74, 6) is -0.171. The molecule has 0 saturated heterocycles. The third kappa shape index (κ3) is 2.99. The SMILES string of the molecule is CCCc1nc(-c2ccccc2OCC)sc1C(=O)O. The van der Waals surface area contributed by atoms with Gasteiger partial charge in [0.15, 0.2) is 0 Å². The summed E-state index contributed by atoms with van der Waals surface area (Å²) in [6.45, 7) is 4.50. The molecule has 0 radical (unpaired) electrons. The van der Waals surface area contributed by atoms with Crippen molar-refractivity contribution >= 4 is 17.3 Å². The average Bonchev–Trinajstić information content (AvgIpc) is 2.84. The molecule has 2 rings (SSSR count). The molecular weight excluding hydrogens is 274 g/mol. The van der Waals surface area contributed by atoms with Gasteiger partial charge in [-0.2, -0.15) is 0 Å². The maximum absolute atomic E-state index is 11.3. The molecule has 0 bridgehead atoms. The number of ether oxygens (including phenoxy) is 1. The fraction of sp³-hybridized carbons (Fsp3) is 0.333. The molecule has 4 nitrogen and oxygen atoms in total. The number of para-hydroxylation sites is 1. The van der Waals surface area contributed by atoms with Crippen molar-refractivity contribution in [2.75, 3.05) is 6.61 Å². The van der Waals surface area contributed by atoms with Gasteiger partial charge in [0.05, 0.1) is 17.9 Å². The van der Waals surface area contributed by atoms with Crippen molar-refractivity contribution < 1.29 is 14.6 Å². The van der Waals surface area contributed by atoms with Gasteiger partial charge in [0.2, 0.25) is 0 Å². The number of carboxylic acid groups (broad SMARTS) is 1. The lowest BCUT2D eigenvalue weighted by molar-refractivity contribution is 0.0700. The van der Waals surface area contributed by atoms with Crippen molar-refractivity contribution in [1.82, 2.24) is 4.98 Å². The van der Waals surface area contributed by atoms with Crippen molar-refractivity contribution in [2.45, 2.75) is 26.7 Å². The second kappa shape index (κ2) is 6.52. The molecule has 0 amide bonds. The van der Waals surface area contributed by atoms with E-state index in [0.29, 0.717) is 28.6 Å². The number of thiazole rings is 1. The van der Waals surface area contributed by atoms with Gasteiger partial charge >= 0.3 is 5.97 Å². The zero-order chi connectivity index (χ0) is 14.5. The third-order valence-electron chi connectivity index (χ3n) is 2.80. The lowest BCUT2D eigenvalue weighted by Crippen LogP contribution is -1.98. The largest absolute Gasteiger partial charge is 0.493 e. The molecule has 2 aromatic rings. The van der Waals surface area contributed by atoms with Gasteiger partial charge in [-0.3, -0.25) is 0 Å². The monoisotopic (exact) mass is 291 g/mol. The Labute approximate surface area is 122 Å². The van der Waals surface area contributed by atoms with Crippen LogP contribution in [0.25, 0.3) is 10.6 Å². The van der Waals surface area contributed by atoms with Crippen molar-refractivity contribution in [3.63, 3.8) is 0 Å². The smallest absolute Gasteiger partial charge is 0.347 e. The van der Waals surface area contributed by atoms with Crippen LogP contribution >= 0.6 is 11.3 Å². The van der Waals surface area contributed by atoms with Gasteiger partial charge in [-0.05, 0) is 25.5 Å². The highest BCUT2D eigenvalue weighted by molar-refractivity contribution is 7.17. The summed E-state index contributed by atoms with van der Waals surface area (Å²) in [6, 6.07) is 7.58. The van der Waals surface area contributed by atoms with Crippen LogP contribution in [0, 0.1) is 0 Å². The molecule has 0 aliphatic carbocycles. The predicted molar refractivity (Wildman–Crippen MR) is 79.7 cm³/mol. The van der Waals surface area contributed by atoms with Crippen LogP contribution in [0.3, 0.4) is 0 Å². The molecule has 20 heavy (non-hydrogen) atoms. The Balaban J connectivity index is 2.47. The van der Waals surface area contributed by atoms with E-state index in [9.17, 15) is 9.90 Å². The quantitative estimate of drug-likeness (QED) is 0.878. The summed E-state index contributed by atoms with van der Waals surface area (Å²) < 4.78 is 5.58. The molecule has 5 heteroatoms. The number of aromatic carboxylic acids is 1. The molecule has 1 N–H and O–H groups in total. The van der Waals surface area contributed by atoms with E-state index in [4.69, 9.17) is 4.74 Å². The fourth-order valence-corrected chi connectivity index (χ4v) is 2.95. The van der Waals surface area contributed by atoms with Gasteiger partial charge < -0.3 is 9.84 Å². The lowest BCUT2D eigenvalue weighted by atomic mass is 10.2. The molecule has 0 aliphatic rings. The van der Waals surface area contributed by atoms with Crippen LogP contribution < -0.4 is 4.74 Å². The summed E-state index contributed by atoms with van der Waals surface area (Å²) >= 11 is 1.21. The Kier molecular flexibility index (Phi) is 4.74. The Morgan fingerprint density at radius 3 is 2.75 bits per heavy atom. The zero-order valence-electron chi connectivity index (χ0n) is 11.5. The number of carboxylic acids is 1. The number of aromatic nitrogens is 1. The van der Waals surface area contributed by atoms with Crippen LogP contribution in [0.15, 0.2) is 24.3 Å². The van der Waals surface area contributed by atoms with E-state index in [0.717, 1.165) is 17.7 Å². The van der Waals surface area contributed by atoms with Crippen molar-refractivity contribution in [1.29, 1.82) is 0 Å². The number of hydrogen-bond donors (Lipinski definition) is 1. The summed E-state index contributed by atoms with van der Waals surface area (Å²) in [7, 11) is 0. The maximum Gasteiger partial charge on any atom is 0.347 e. The molecule has 0 saturated carbocycles. The minimum atomic E-state index is -0.911. The van der Waals surface area contributed by atoms with Crippen LogP contribution in [0.5, 0.6) is 5.75 Å². The van der Waals surface area contributed by atoms with Gasteiger partial charge in [-0.25, -0.2) is 9.78 Å². The van der Waals surface area contributed by atoms with E-state index in [1.807, 2.05) is 38.1 Å². The van der Waals surface area contributed by atoms with Gasteiger partial charge in [0.1, 0.15) is 15.6 Å². The molecule has 1 aromatic carbocycles. The summed E-state index contributed by atoms with van der Waals surface area (Å²) in [5.41, 5.74) is 1.51. The molecule has 1 heterocycles. The molecular formula is C15H17NO3S. The zero-order valence-corrected chi connectivity index (χ0v) is 12.4. The average molecular weight is 291 g/mol. The fourth-order valence-electron chi connectivity index (χ4n) is 1.96.